The summed E-state index contributed by atoms with van der Waals surface area (Å²) in [5.41, 5.74) is 5.46. The van der Waals surface area contributed by atoms with Crippen LogP contribution >= 0.6 is 0 Å². The van der Waals surface area contributed by atoms with Crippen LogP contribution in [0, 0.1) is 5.92 Å². The van der Waals surface area contributed by atoms with Gasteiger partial charge in [0.05, 0.1) is 6.04 Å². The van der Waals surface area contributed by atoms with Crippen LogP contribution in [0.3, 0.4) is 0 Å². The summed E-state index contributed by atoms with van der Waals surface area (Å²) in [5.74, 6) is 0.192. The van der Waals surface area contributed by atoms with Crippen molar-refractivity contribution in [2.75, 3.05) is 0 Å². The molecule has 0 radical (unpaired) electrons. The van der Waals surface area contributed by atoms with E-state index in [2.05, 4.69) is 5.32 Å². The fourth-order valence-corrected chi connectivity index (χ4v) is 1.19. The molecule has 1 aliphatic rings. The van der Waals surface area contributed by atoms with E-state index in [9.17, 15) is 4.79 Å². The van der Waals surface area contributed by atoms with Crippen molar-refractivity contribution in [3.8, 4) is 0 Å². The number of amides is 1. The van der Waals surface area contributed by atoms with Gasteiger partial charge < -0.3 is 11.1 Å². The zero-order valence-corrected chi connectivity index (χ0v) is 6.64. The summed E-state index contributed by atoms with van der Waals surface area (Å²) in [6.45, 7) is 5.97. The Labute approximate surface area is 61.0 Å². The normalized spacial score (nSPS) is 37.8. The minimum atomic E-state index is -0.324. The number of carbonyl (C=O) groups excluding carboxylic acids is 1. The Morgan fingerprint density at radius 2 is 2.10 bits per heavy atom. The van der Waals surface area contributed by atoms with E-state index in [1.54, 1.807) is 0 Å². The Bertz CT molecular complexity index is 165. The Morgan fingerprint density at radius 1 is 1.60 bits per heavy atom. The molecule has 1 amide bonds. The first-order valence-electron chi connectivity index (χ1n) is 3.53. The van der Waals surface area contributed by atoms with Gasteiger partial charge in [0.2, 0.25) is 5.91 Å². The maximum atomic E-state index is 11.0. The smallest absolute Gasteiger partial charge is 0.237 e. The molecule has 3 heteroatoms. The Balaban J connectivity index is 2.81. The third kappa shape index (κ3) is 0.904. The average Bonchev–Trinajstić information content (AvgIpc) is 1.95. The fourth-order valence-electron chi connectivity index (χ4n) is 1.19. The molecule has 0 bridgehead atoms. The summed E-state index contributed by atoms with van der Waals surface area (Å²) < 4.78 is 0. The predicted molar refractivity (Wildman–Crippen MR) is 39.4 cm³/mol. The van der Waals surface area contributed by atoms with Crippen LogP contribution in [0.2, 0.25) is 0 Å². The van der Waals surface area contributed by atoms with Crippen molar-refractivity contribution in [3.63, 3.8) is 0 Å². The molecule has 1 fully saturated rings. The quantitative estimate of drug-likeness (QED) is 0.494. The summed E-state index contributed by atoms with van der Waals surface area (Å²) in [7, 11) is 0. The summed E-state index contributed by atoms with van der Waals surface area (Å²) >= 11 is 0. The zero-order valence-electron chi connectivity index (χ0n) is 6.64. The first-order chi connectivity index (χ1) is 4.45. The van der Waals surface area contributed by atoms with Gasteiger partial charge in [-0.05, 0) is 13.8 Å². The van der Waals surface area contributed by atoms with Gasteiger partial charge in [0.15, 0.2) is 0 Å². The highest BCUT2D eigenvalue weighted by molar-refractivity contribution is 5.85. The van der Waals surface area contributed by atoms with Crippen LogP contribution in [0.4, 0.5) is 0 Å². The lowest BCUT2D eigenvalue weighted by Gasteiger charge is -2.23. The standard InChI is InChI=1S/C7H14N2O/c1-4-5(8)6(10)9-7(4,2)3/h4-5H,8H2,1-3H3,(H,9,10)/t4-,5+/m1/s1. The SMILES string of the molecule is C[C@@H]1[C@H](N)C(=O)NC1(C)C. The van der Waals surface area contributed by atoms with Gasteiger partial charge in [-0.1, -0.05) is 6.92 Å². The van der Waals surface area contributed by atoms with Crippen LogP contribution in [0.5, 0.6) is 0 Å². The first kappa shape index (κ1) is 7.54. The molecular weight excluding hydrogens is 128 g/mol. The Morgan fingerprint density at radius 3 is 2.20 bits per heavy atom. The topological polar surface area (TPSA) is 55.1 Å². The van der Waals surface area contributed by atoms with E-state index in [0.29, 0.717) is 0 Å². The lowest BCUT2D eigenvalue weighted by Crippen LogP contribution is -2.38. The summed E-state index contributed by atoms with van der Waals surface area (Å²) in [6.07, 6.45) is 0. The summed E-state index contributed by atoms with van der Waals surface area (Å²) in [5, 5.41) is 2.83. The van der Waals surface area contributed by atoms with Gasteiger partial charge in [-0.3, -0.25) is 4.79 Å². The average molecular weight is 142 g/mol. The minimum Gasteiger partial charge on any atom is -0.350 e. The molecule has 2 atom stereocenters. The molecule has 10 heavy (non-hydrogen) atoms. The lowest BCUT2D eigenvalue weighted by atomic mass is 9.89. The number of carbonyl (C=O) groups is 1. The number of nitrogens with one attached hydrogen (secondary N) is 1. The largest absolute Gasteiger partial charge is 0.350 e. The van der Waals surface area contributed by atoms with Gasteiger partial charge in [-0.2, -0.15) is 0 Å². The van der Waals surface area contributed by atoms with E-state index >= 15 is 0 Å². The molecule has 0 saturated carbocycles. The molecule has 1 rings (SSSR count). The van der Waals surface area contributed by atoms with Gasteiger partial charge >= 0.3 is 0 Å². The molecule has 0 unspecified atom stereocenters. The molecule has 58 valence electrons. The van der Waals surface area contributed by atoms with Gasteiger partial charge in [0.25, 0.3) is 0 Å². The molecule has 0 aliphatic carbocycles. The molecule has 1 heterocycles. The Hall–Kier alpha value is -0.570. The maximum absolute atomic E-state index is 11.0. The van der Waals surface area contributed by atoms with Crippen molar-refractivity contribution in [3.05, 3.63) is 0 Å². The highest BCUT2D eigenvalue weighted by Gasteiger charge is 2.42. The predicted octanol–water partition coefficient (Wildman–Crippen LogP) is -0.142. The van der Waals surface area contributed by atoms with E-state index in [-0.39, 0.29) is 23.4 Å². The first-order valence-corrected chi connectivity index (χ1v) is 3.53. The van der Waals surface area contributed by atoms with Crippen LogP contribution in [0.1, 0.15) is 20.8 Å². The van der Waals surface area contributed by atoms with Crippen molar-refractivity contribution in [2.24, 2.45) is 11.7 Å². The van der Waals surface area contributed by atoms with E-state index in [1.807, 2.05) is 20.8 Å². The van der Waals surface area contributed by atoms with Crippen LogP contribution in [0.25, 0.3) is 0 Å². The van der Waals surface area contributed by atoms with Gasteiger partial charge in [-0.25, -0.2) is 0 Å². The monoisotopic (exact) mass is 142 g/mol. The summed E-state index contributed by atoms with van der Waals surface area (Å²) in [4.78, 5) is 11.0. The van der Waals surface area contributed by atoms with Gasteiger partial charge in [0.1, 0.15) is 0 Å². The molecule has 1 saturated heterocycles. The molecule has 0 aromatic carbocycles. The van der Waals surface area contributed by atoms with Crippen molar-refractivity contribution in [1.82, 2.24) is 5.32 Å². The number of hydrogen-bond donors (Lipinski definition) is 2. The highest BCUT2D eigenvalue weighted by Crippen LogP contribution is 2.24. The molecule has 3 N–H and O–H groups in total. The van der Waals surface area contributed by atoms with Gasteiger partial charge in [0, 0.05) is 11.5 Å². The third-order valence-corrected chi connectivity index (χ3v) is 2.43. The van der Waals surface area contributed by atoms with Crippen molar-refractivity contribution in [2.45, 2.75) is 32.4 Å². The molecule has 3 nitrogen and oxygen atoms in total. The second kappa shape index (κ2) is 1.95. The molecule has 0 aromatic rings. The third-order valence-electron chi connectivity index (χ3n) is 2.43. The van der Waals surface area contributed by atoms with E-state index in [0.717, 1.165) is 0 Å². The zero-order chi connectivity index (χ0) is 7.94. The van der Waals surface area contributed by atoms with Crippen LogP contribution in [-0.2, 0) is 4.79 Å². The van der Waals surface area contributed by atoms with Crippen LogP contribution in [0.15, 0.2) is 0 Å². The second-order valence-corrected chi connectivity index (χ2v) is 3.53. The van der Waals surface area contributed by atoms with Crippen LogP contribution in [-0.4, -0.2) is 17.5 Å². The van der Waals surface area contributed by atoms with Crippen LogP contribution < -0.4 is 11.1 Å². The van der Waals surface area contributed by atoms with Crippen molar-refractivity contribution < 1.29 is 4.79 Å². The van der Waals surface area contributed by atoms with E-state index in [4.69, 9.17) is 5.73 Å². The van der Waals surface area contributed by atoms with Crippen molar-refractivity contribution >= 4 is 5.91 Å². The number of nitrogens with two attached hydrogens (primary N) is 1. The Kier molecular flexibility index (Phi) is 1.47. The van der Waals surface area contributed by atoms with E-state index < -0.39 is 0 Å². The molecule has 1 aliphatic heterocycles. The second-order valence-electron chi connectivity index (χ2n) is 3.53. The molecule has 0 spiro atoms. The maximum Gasteiger partial charge on any atom is 0.237 e. The van der Waals surface area contributed by atoms with Gasteiger partial charge in [-0.15, -0.1) is 0 Å². The van der Waals surface area contributed by atoms with E-state index in [1.165, 1.54) is 0 Å². The fraction of sp³-hybridized carbons (Fsp3) is 0.857. The number of hydrogen-bond acceptors (Lipinski definition) is 2. The molecular formula is C7H14N2O. The highest BCUT2D eigenvalue weighted by atomic mass is 16.2. The minimum absolute atomic E-state index is 0.0301. The molecule has 0 aromatic heterocycles. The van der Waals surface area contributed by atoms with Crippen molar-refractivity contribution in [1.29, 1.82) is 0 Å². The number of rotatable bonds is 0. The lowest BCUT2D eigenvalue weighted by molar-refractivity contribution is -0.120. The summed E-state index contributed by atoms with van der Waals surface area (Å²) in [6, 6.07) is -0.324.